The fourth-order valence-corrected chi connectivity index (χ4v) is 6.47. The second kappa shape index (κ2) is 11.7. The summed E-state index contributed by atoms with van der Waals surface area (Å²) in [5.74, 6) is -0.221. The molecule has 0 radical (unpaired) electrons. The van der Waals surface area contributed by atoms with Crippen molar-refractivity contribution < 1.29 is 29.3 Å². The van der Waals surface area contributed by atoms with E-state index in [1.807, 2.05) is 9.80 Å². The van der Waals surface area contributed by atoms with Crippen molar-refractivity contribution in [1.82, 2.24) is 9.80 Å². The zero-order valence-electron chi connectivity index (χ0n) is 24.5. The molecule has 1 fully saturated rings. The minimum absolute atomic E-state index is 0.0628. The quantitative estimate of drug-likeness (QED) is 0.183. The van der Waals surface area contributed by atoms with Crippen LogP contribution in [0.2, 0.25) is 0 Å². The predicted molar refractivity (Wildman–Crippen MR) is 171 cm³/mol. The van der Waals surface area contributed by atoms with Gasteiger partial charge in [-0.1, -0.05) is 48.5 Å². The summed E-state index contributed by atoms with van der Waals surface area (Å²) in [4.78, 5) is 30.9. The van der Waals surface area contributed by atoms with Gasteiger partial charge in [0.2, 0.25) is 0 Å². The zero-order valence-corrected chi connectivity index (χ0v) is 24.5. The molecule has 0 amide bonds. The Morgan fingerprint density at radius 2 is 0.848 bits per heavy atom. The number of nitrogens with zero attached hydrogens (tertiary/aromatic N) is 2. The van der Waals surface area contributed by atoms with Crippen molar-refractivity contribution in [3.05, 3.63) is 140 Å². The number of benzene rings is 4. The van der Waals surface area contributed by atoms with Crippen molar-refractivity contribution >= 4 is 21.9 Å². The molecule has 2 atom stereocenters. The van der Waals surface area contributed by atoms with E-state index in [1.165, 1.54) is 24.3 Å². The molecule has 10 heteroatoms. The van der Waals surface area contributed by atoms with Crippen LogP contribution in [0.15, 0.2) is 115 Å². The summed E-state index contributed by atoms with van der Waals surface area (Å²) in [7, 11) is 0. The van der Waals surface area contributed by atoms with Crippen molar-refractivity contribution in [1.29, 1.82) is 0 Å². The molecule has 7 rings (SSSR count). The maximum atomic E-state index is 13.4. The molecule has 1 aliphatic heterocycles. The minimum atomic E-state index is -0.713. The molecular formula is C36H30N2O8. The minimum Gasteiger partial charge on any atom is -0.508 e. The Morgan fingerprint density at radius 3 is 1.22 bits per heavy atom. The average molecular weight is 619 g/mol. The van der Waals surface area contributed by atoms with E-state index < -0.39 is 23.3 Å². The van der Waals surface area contributed by atoms with Crippen LogP contribution >= 0.6 is 0 Å². The van der Waals surface area contributed by atoms with Crippen molar-refractivity contribution in [3.63, 3.8) is 0 Å². The van der Waals surface area contributed by atoms with Crippen molar-refractivity contribution in [3.8, 4) is 23.0 Å². The number of phenolic OH excluding ortho intramolecular Hbond substituents is 2. The lowest BCUT2D eigenvalue weighted by molar-refractivity contribution is 0.0865. The molecule has 2 aromatic heterocycles. The Morgan fingerprint density at radius 1 is 0.500 bits per heavy atom. The summed E-state index contributed by atoms with van der Waals surface area (Å²) in [5.41, 5.74) is 0.720. The van der Waals surface area contributed by atoms with E-state index in [2.05, 4.69) is 0 Å². The first-order chi connectivity index (χ1) is 22.3. The third kappa shape index (κ3) is 5.13. The van der Waals surface area contributed by atoms with Gasteiger partial charge in [-0.15, -0.1) is 0 Å². The molecule has 10 nitrogen and oxygen atoms in total. The molecule has 0 aliphatic carbocycles. The predicted octanol–water partition coefficient (Wildman–Crippen LogP) is 5.22. The van der Waals surface area contributed by atoms with E-state index in [-0.39, 0.29) is 45.3 Å². The first-order valence-electron chi connectivity index (χ1n) is 14.9. The fourth-order valence-electron chi connectivity index (χ4n) is 6.47. The van der Waals surface area contributed by atoms with Gasteiger partial charge in [0.1, 0.15) is 45.3 Å². The molecule has 4 aromatic carbocycles. The monoisotopic (exact) mass is 618 g/mol. The fraction of sp³-hybridized carbons (Fsp3) is 0.167. The van der Waals surface area contributed by atoms with Crippen LogP contribution in [0.1, 0.15) is 34.3 Å². The number of fused-ring (bicyclic) bond motifs is 2. The molecule has 1 saturated heterocycles. The third-order valence-corrected chi connectivity index (χ3v) is 8.68. The highest BCUT2D eigenvalue weighted by molar-refractivity contribution is 5.85. The molecule has 1 aliphatic rings. The van der Waals surface area contributed by atoms with Gasteiger partial charge in [0.25, 0.3) is 0 Å². The van der Waals surface area contributed by atoms with Gasteiger partial charge in [-0.3, -0.25) is 9.80 Å². The Hall–Kier alpha value is -5.58. The third-order valence-electron chi connectivity index (χ3n) is 8.68. The SMILES string of the molecule is O=c1oc2ccccc2c(O)c1C(c1ccc(O)cc1)N1CCN(C(c2ccc(O)cc2)c2c(O)c3ccccc3oc2=O)CC1. The van der Waals surface area contributed by atoms with Crippen LogP contribution in [-0.4, -0.2) is 56.4 Å². The summed E-state index contributed by atoms with van der Waals surface area (Å²) in [5, 5.41) is 43.6. The summed E-state index contributed by atoms with van der Waals surface area (Å²) in [6, 6.07) is 25.1. The van der Waals surface area contributed by atoms with E-state index in [1.54, 1.807) is 72.8 Å². The van der Waals surface area contributed by atoms with Crippen LogP contribution < -0.4 is 11.3 Å². The second-order valence-corrected chi connectivity index (χ2v) is 11.4. The lowest BCUT2D eigenvalue weighted by Gasteiger charge is -2.42. The van der Waals surface area contributed by atoms with Gasteiger partial charge in [0.15, 0.2) is 0 Å². The topological polar surface area (TPSA) is 148 Å². The largest absolute Gasteiger partial charge is 0.508 e. The van der Waals surface area contributed by atoms with Gasteiger partial charge in [0, 0.05) is 26.2 Å². The van der Waals surface area contributed by atoms with Gasteiger partial charge < -0.3 is 29.3 Å². The van der Waals surface area contributed by atoms with E-state index in [4.69, 9.17) is 8.83 Å². The van der Waals surface area contributed by atoms with Gasteiger partial charge >= 0.3 is 11.3 Å². The lowest BCUT2D eigenvalue weighted by atomic mass is 9.93. The summed E-state index contributed by atoms with van der Waals surface area (Å²) in [6.07, 6.45) is 0. The molecule has 46 heavy (non-hydrogen) atoms. The average Bonchev–Trinajstić information content (AvgIpc) is 3.06. The number of rotatable bonds is 6. The van der Waals surface area contributed by atoms with Crippen LogP contribution in [0.3, 0.4) is 0 Å². The van der Waals surface area contributed by atoms with Crippen molar-refractivity contribution in [2.45, 2.75) is 12.1 Å². The summed E-state index contributed by atoms with van der Waals surface area (Å²) < 4.78 is 11.3. The van der Waals surface area contributed by atoms with Gasteiger partial charge in [-0.25, -0.2) is 9.59 Å². The number of piperazine rings is 1. The number of phenols is 2. The maximum Gasteiger partial charge on any atom is 0.345 e. The Kier molecular flexibility index (Phi) is 7.44. The van der Waals surface area contributed by atoms with Crippen LogP contribution in [-0.2, 0) is 0 Å². The Bertz CT molecular complexity index is 2010. The van der Waals surface area contributed by atoms with Crippen molar-refractivity contribution in [2.24, 2.45) is 0 Å². The van der Waals surface area contributed by atoms with Crippen LogP contribution in [0, 0.1) is 0 Å². The van der Waals surface area contributed by atoms with Gasteiger partial charge in [0.05, 0.1) is 22.9 Å². The highest BCUT2D eigenvalue weighted by atomic mass is 16.4. The highest BCUT2D eigenvalue weighted by Crippen LogP contribution is 2.40. The normalized spacial score (nSPS) is 15.7. The standard InChI is InChI=1S/C36H30N2O8/c39-23-13-9-21(10-14-23)31(29-33(41)25-5-1-3-7-27(25)45-35(29)43)37-17-19-38(20-18-37)32(22-11-15-24(40)16-12-22)30-34(42)26-6-2-4-8-28(26)46-36(30)44/h1-16,31-32,39-42H,17-20H2. The highest BCUT2D eigenvalue weighted by Gasteiger charge is 2.36. The molecule has 0 saturated carbocycles. The zero-order chi connectivity index (χ0) is 31.9. The number of hydrogen-bond acceptors (Lipinski definition) is 10. The molecule has 0 spiro atoms. The van der Waals surface area contributed by atoms with E-state index in [9.17, 15) is 30.0 Å². The number of para-hydroxylation sites is 2. The van der Waals surface area contributed by atoms with Gasteiger partial charge in [-0.05, 0) is 59.7 Å². The molecule has 0 bridgehead atoms. The van der Waals surface area contributed by atoms with Gasteiger partial charge in [-0.2, -0.15) is 0 Å². The Labute approximate surface area is 262 Å². The molecule has 232 valence electrons. The Balaban J connectivity index is 1.29. The van der Waals surface area contributed by atoms with E-state index >= 15 is 0 Å². The van der Waals surface area contributed by atoms with E-state index in [0.717, 1.165) is 0 Å². The van der Waals surface area contributed by atoms with Crippen LogP contribution in [0.4, 0.5) is 0 Å². The lowest BCUT2D eigenvalue weighted by Crippen LogP contribution is -2.50. The second-order valence-electron chi connectivity index (χ2n) is 11.4. The molecular weight excluding hydrogens is 588 g/mol. The number of aromatic hydroxyl groups is 4. The molecule has 2 unspecified atom stereocenters. The molecule has 6 aromatic rings. The van der Waals surface area contributed by atoms with Crippen LogP contribution in [0.25, 0.3) is 21.9 Å². The summed E-state index contributed by atoms with van der Waals surface area (Å²) >= 11 is 0. The maximum absolute atomic E-state index is 13.4. The first kappa shape index (κ1) is 29.1. The number of hydrogen-bond donors (Lipinski definition) is 4. The first-order valence-corrected chi connectivity index (χ1v) is 14.9. The van der Waals surface area contributed by atoms with E-state index in [0.29, 0.717) is 48.1 Å². The van der Waals surface area contributed by atoms with Crippen molar-refractivity contribution in [2.75, 3.05) is 26.2 Å². The molecule has 4 N–H and O–H groups in total. The van der Waals surface area contributed by atoms with Crippen LogP contribution in [0.5, 0.6) is 23.0 Å². The molecule has 3 heterocycles. The summed E-state index contributed by atoms with van der Waals surface area (Å²) in [6.45, 7) is 1.58. The smallest absolute Gasteiger partial charge is 0.345 e.